The van der Waals surface area contributed by atoms with Gasteiger partial charge in [0.1, 0.15) is 22.9 Å². The van der Waals surface area contributed by atoms with Gasteiger partial charge in [-0.1, -0.05) is 0 Å². The average Bonchev–Trinajstić information content (AvgIpc) is 3.24. The lowest BCUT2D eigenvalue weighted by Crippen LogP contribution is -2.41. The molecule has 1 aliphatic heterocycles. The summed E-state index contributed by atoms with van der Waals surface area (Å²) in [5.41, 5.74) is 2.20. The molecule has 176 valence electrons. The number of nitrogens with zero attached hydrogens (tertiary/aromatic N) is 3. The molecule has 0 unspecified atom stereocenters. The number of carbonyl (C=O) groups is 1. The van der Waals surface area contributed by atoms with Gasteiger partial charge in [0.15, 0.2) is 11.5 Å². The fourth-order valence-electron chi connectivity index (χ4n) is 3.62. The van der Waals surface area contributed by atoms with Crippen LogP contribution in [0, 0.1) is 5.41 Å². The van der Waals surface area contributed by atoms with E-state index in [2.05, 4.69) is 35.9 Å². The minimum absolute atomic E-state index is 0.0970. The number of fused-ring (bicyclic) bond motifs is 1. The first-order valence-electron chi connectivity index (χ1n) is 10.7. The molecule has 3 aromatic rings. The van der Waals surface area contributed by atoms with Crippen LogP contribution in [0.25, 0.3) is 16.6 Å². The number of imidazole rings is 1. The van der Waals surface area contributed by atoms with Gasteiger partial charge in [-0.05, 0) is 19.9 Å². The highest BCUT2D eigenvalue weighted by Crippen LogP contribution is 2.33. The summed E-state index contributed by atoms with van der Waals surface area (Å²) in [5.74, 6) is 1.53. The normalized spacial score (nSPS) is 15.9. The van der Waals surface area contributed by atoms with Gasteiger partial charge >= 0.3 is 0 Å². The highest BCUT2D eigenvalue weighted by Gasteiger charge is 2.32. The monoisotopic (exact) mass is 462 g/mol. The van der Waals surface area contributed by atoms with Crippen LogP contribution in [0.15, 0.2) is 48.2 Å². The third-order valence-electron chi connectivity index (χ3n) is 5.17. The lowest BCUT2D eigenvalue weighted by Gasteiger charge is -2.26. The summed E-state index contributed by atoms with van der Waals surface area (Å²) in [5, 5.41) is 17.6. The maximum Gasteiger partial charge on any atom is 0.261 e. The van der Waals surface area contributed by atoms with Gasteiger partial charge in [0.25, 0.3) is 5.91 Å². The fourth-order valence-corrected chi connectivity index (χ4v) is 3.62. The van der Waals surface area contributed by atoms with Gasteiger partial charge in [-0.3, -0.25) is 10.2 Å². The largest absolute Gasteiger partial charge is 0.493 e. The standard InChI is InChI=1S/C23H26N8O3/c1-5-34-17-10-14-13(9-16(17)33-4)29-22(30-14)18-20(19(24)15(11-25-3)31-23(18)32)28-12(2)21-26-7-6-8-27-21/h6-12,24-25,28H,5H2,1-4H3,(H,29,30)(H,31,32)/b15-11+,24-19?/t12-/m0/s1. The van der Waals surface area contributed by atoms with Crippen molar-refractivity contribution in [2.45, 2.75) is 19.9 Å². The minimum Gasteiger partial charge on any atom is -0.493 e. The molecule has 1 aliphatic rings. The number of rotatable bonds is 8. The van der Waals surface area contributed by atoms with Gasteiger partial charge in [-0.15, -0.1) is 0 Å². The number of methoxy groups -OCH3 is 1. The highest BCUT2D eigenvalue weighted by atomic mass is 16.5. The van der Waals surface area contributed by atoms with E-state index in [0.29, 0.717) is 52.2 Å². The number of ether oxygens (including phenoxy) is 2. The van der Waals surface area contributed by atoms with Gasteiger partial charge in [0, 0.05) is 37.8 Å². The Balaban J connectivity index is 1.85. The van der Waals surface area contributed by atoms with Gasteiger partial charge < -0.3 is 30.4 Å². The number of aromatic amines is 1. The SMILES string of the molecule is CCOc1cc2[nH]c(C3=C(N[C@@H](C)c4ncccn4)C(=N)/C(=C\NC)NC3=O)nc2cc1OC. The molecule has 0 aliphatic carbocycles. The van der Waals surface area contributed by atoms with Crippen molar-refractivity contribution in [1.29, 1.82) is 5.41 Å². The van der Waals surface area contributed by atoms with E-state index < -0.39 is 5.91 Å². The van der Waals surface area contributed by atoms with E-state index in [0.717, 1.165) is 0 Å². The molecule has 34 heavy (non-hydrogen) atoms. The van der Waals surface area contributed by atoms with E-state index in [4.69, 9.17) is 14.9 Å². The number of carbonyl (C=O) groups excluding carboxylic acids is 1. The van der Waals surface area contributed by atoms with Crippen LogP contribution >= 0.6 is 0 Å². The van der Waals surface area contributed by atoms with Crippen LogP contribution in [-0.4, -0.2) is 52.3 Å². The Morgan fingerprint density at radius 1 is 1.24 bits per heavy atom. The molecule has 11 nitrogen and oxygen atoms in total. The van der Waals surface area contributed by atoms with Crippen molar-refractivity contribution >= 4 is 28.2 Å². The van der Waals surface area contributed by atoms with Crippen LogP contribution in [0.2, 0.25) is 0 Å². The Bertz CT molecular complexity index is 1300. The van der Waals surface area contributed by atoms with Crippen LogP contribution < -0.4 is 25.4 Å². The Morgan fingerprint density at radius 2 is 2.00 bits per heavy atom. The molecule has 2 aromatic heterocycles. The molecule has 0 saturated carbocycles. The first kappa shape index (κ1) is 22.8. The summed E-state index contributed by atoms with van der Waals surface area (Å²) >= 11 is 0. The predicted molar refractivity (Wildman–Crippen MR) is 127 cm³/mol. The summed E-state index contributed by atoms with van der Waals surface area (Å²) in [7, 11) is 3.25. The third-order valence-corrected chi connectivity index (χ3v) is 5.17. The average molecular weight is 463 g/mol. The molecule has 11 heteroatoms. The second-order valence-electron chi connectivity index (χ2n) is 7.44. The molecule has 3 heterocycles. The minimum atomic E-state index is -0.405. The fraction of sp³-hybridized carbons (Fsp3) is 0.261. The zero-order valence-corrected chi connectivity index (χ0v) is 19.3. The second kappa shape index (κ2) is 9.61. The molecule has 1 amide bonds. The molecule has 1 aromatic carbocycles. The first-order valence-corrected chi connectivity index (χ1v) is 10.7. The number of benzene rings is 1. The molecule has 1 atom stereocenters. The van der Waals surface area contributed by atoms with Crippen molar-refractivity contribution in [3.8, 4) is 11.5 Å². The van der Waals surface area contributed by atoms with Crippen molar-refractivity contribution < 1.29 is 14.3 Å². The summed E-state index contributed by atoms with van der Waals surface area (Å²) < 4.78 is 11.1. The van der Waals surface area contributed by atoms with Crippen molar-refractivity contribution in [2.75, 3.05) is 20.8 Å². The molecule has 4 rings (SSSR count). The van der Waals surface area contributed by atoms with Crippen LogP contribution in [0.3, 0.4) is 0 Å². The Labute approximate surface area is 196 Å². The van der Waals surface area contributed by atoms with Gasteiger partial charge in [0.05, 0.1) is 42.2 Å². The Morgan fingerprint density at radius 3 is 2.68 bits per heavy atom. The van der Waals surface area contributed by atoms with Gasteiger partial charge in [-0.25, -0.2) is 15.0 Å². The number of H-pyrrole nitrogens is 1. The molecular weight excluding hydrogens is 436 g/mol. The van der Waals surface area contributed by atoms with E-state index in [1.54, 1.807) is 51.0 Å². The van der Waals surface area contributed by atoms with E-state index in [-0.39, 0.29) is 17.3 Å². The molecule has 0 radical (unpaired) electrons. The topological polar surface area (TPSA) is 150 Å². The van der Waals surface area contributed by atoms with Crippen LogP contribution in [0.1, 0.15) is 31.5 Å². The van der Waals surface area contributed by atoms with Gasteiger partial charge in [0.2, 0.25) is 0 Å². The highest BCUT2D eigenvalue weighted by molar-refractivity contribution is 6.33. The van der Waals surface area contributed by atoms with Crippen molar-refractivity contribution in [3.63, 3.8) is 0 Å². The summed E-state index contributed by atoms with van der Waals surface area (Å²) in [4.78, 5) is 29.6. The third kappa shape index (κ3) is 4.27. The molecule has 5 N–H and O–H groups in total. The summed E-state index contributed by atoms with van der Waals surface area (Å²) in [6.45, 7) is 4.22. The van der Waals surface area contributed by atoms with Crippen molar-refractivity contribution in [1.82, 2.24) is 35.9 Å². The number of aromatic nitrogens is 4. The van der Waals surface area contributed by atoms with E-state index in [9.17, 15) is 4.79 Å². The zero-order chi connectivity index (χ0) is 24.2. The second-order valence-corrected chi connectivity index (χ2v) is 7.44. The molecule has 0 fully saturated rings. The van der Waals surface area contributed by atoms with E-state index in [1.807, 2.05) is 13.8 Å². The van der Waals surface area contributed by atoms with E-state index in [1.165, 1.54) is 0 Å². The van der Waals surface area contributed by atoms with Crippen molar-refractivity contribution in [3.05, 3.63) is 59.8 Å². The lowest BCUT2D eigenvalue weighted by molar-refractivity contribution is -0.115. The Hall–Kier alpha value is -4.41. The smallest absolute Gasteiger partial charge is 0.261 e. The summed E-state index contributed by atoms with van der Waals surface area (Å²) in [6, 6.07) is 4.87. The van der Waals surface area contributed by atoms with Crippen LogP contribution in [-0.2, 0) is 4.79 Å². The zero-order valence-electron chi connectivity index (χ0n) is 19.3. The van der Waals surface area contributed by atoms with Crippen LogP contribution in [0.4, 0.5) is 0 Å². The number of amides is 1. The Kier molecular flexibility index (Phi) is 6.44. The number of hydrogen-bond donors (Lipinski definition) is 5. The van der Waals surface area contributed by atoms with E-state index >= 15 is 0 Å². The summed E-state index contributed by atoms with van der Waals surface area (Å²) in [6.07, 6.45) is 4.84. The number of hydrogen-bond acceptors (Lipinski definition) is 9. The molecule has 0 spiro atoms. The quantitative estimate of drug-likeness (QED) is 0.341. The number of nitrogens with one attached hydrogen (secondary N) is 5. The van der Waals surface area contributed by atoms with Crippen molar-refractivity contribution in [2.24, 2.45) is 0 Å². The predicted octanol–water partition coefficient (Wildman–Crippen LogP) is 2.03. The first-order chi connectivity index (χ1) is 16.5. The van der Waals surface area contributed by atoms with Gasteiger partial charge in [-0.2, -0.15) is 0 Å². The lowest BCUT2D eigenvalue weighted by atomic mass is 10.0. The molecule has 0 bridgehead atoms. The molecular formula is C23H26N8O3. The maximum absolute atomic E-state index is 13.2. The van der Waals surface area contributed by atoms with Crippen LogP contribution in [0.5, 0.6) is 11.5 Å². The maximum atomic E-state index is 13.2. The molecule has 0 saturated heterocycles.